The monoisotopic (exact) mass is 396 g/mol. The lowest BCUT2D eigenvalue weighted by atomic mass is 9.87. The van der Waals surface area contributed by atoms with Crippen LogP contribution < -0.4 is 4.90 Å². The third-order valence-electron chi connectivity index (χ3n) is 6.31. The van der Waals surface area contributed by atoms with Gasteiger partial charge in [0.1, 0.15) is 5.76 Å². The number of nitrogens with zero attached hydrogens (tertiary/aromatic N) is 2. The van der Waals surface area contributed by atoms with Crippen molar-refractivity contribution in [3.63, 3.8) is 0 Å². The average Bonchev–Trinajstić information content (AvgIpc) is 3.14. The third kappa shape index (κ3) is 3.40. The van der Waals surface area contributed by atoms with Gasteiger partial charge in [-0.25, -0.2) is 0 Å². The van der Waals surface area contributed by atoms with Crippen LogP contribution in [0.3, 0.4) is 0 Å². The molecule has 6 heteroatoms. The molecule has 1 N–H and O–H groups in total. The van der Waals surface area contributed by atoms with Crippen LogP contribution in [0, 0.1) is 19.8 Å². The van der Waals surface area contributed by atoms with Crippen molar-refractivity contribution < 1.29 is 19.1 Å². The number of hydrogen-bond donors (Lipinski definition) is 1. The number of fused-ring (bicyclic) bond motifs is 1. The molecule has 3 heterocycles. The van der Waals surface area contributed by atoms with Crippen LogP contribution in [0.5, 0.6) is 0 Å². The Bertz CT molecular complexity index is 923. The van der Waals surface area contributed by atoms with Crippen molar-refractivity contribution in [3.05, 3.63) is 53.0 Å². The first-order valence-electron chi connectivity index (χ1n) is 10.3. The fraction of sp³-hybridized carbons (Fsp3) is 0.478. The van der Waals surface area contributed by atoms with Gasteiger partial charge >= 0.3 is 0 Å². The van der Waals surface area contributed by atoms with E-state index in [-0.39, 0.29) is 12.2 Å². The Labute approximate surface area is 171 Å². The van der Waals surface area contributed by atoms with Crippen molar-refractivity contribution in [3.8, 4) is 0 Å². The van der Waals surface area contributed by atoms with Gasteiger partial charge in [0, 0.05) is 18.7 Å². The van der Waals surface area contributed by atoms with Crippen LogP contribution >= 0.6 is 0 Å². The first-order chi connectivity index (χ1) is 13.8. The molecule has 1 unspecified atom stereocenters. The van der Waals surface area contributed by atoms with Crippen LogP contribution in [0.4, 0.5) is 5.69 Å². The first kappa shape index (κ1) is 19.9. The molecule has 1 saturated heterocycles. The van der Waals surface area contributed by atoms with E-state index in [1.807, 2.05) is 12.1 Å². The van der Waals surface area contributed by atoms with E-state index < -0.39 is 11.5 Å². The summed E-state index contributed by atoms with van der Waals surface area (Å²) in [5, 5.41) is 11.4. The lowest BCUT2D eigenvalue weighted by Gasteiger charge is -2.34. The van der Waals surface area contributed by atoms with E-state index in [1.165, 1.54) is 6.26 Å². The molecule has 1 aromatic heterocycles. The molecule has 0 spiro atoms. The van der Waals surface area contributed by atoms with Gasteiger partial charge in [-0.1, -0.05) is 25.1 Å². The predicted molar refractivity (Wildman–Crippen MR) is 110 cm³/mol. The maximum Gasteiger partial charge on any atom is 0.265 e. The highest BCUT2D eigenvalue weighted by atomic mass is 16.3. The highest BCUT2D eigenvalue weighted by molar-refractivity contribution is 6.11. The summed E-state index contributed by atoms with van der Waals surface area (Å²) >= 11 is 0. The number of Topliss-reactive ketones (excluding diaryl/α,β-unsaturated/α-hetero) is 1. The average molecular weight is 396 g/mol. The first-order valence-corrected chi connectivity index (χ1v) is 10.3. The number of carbonyl (C=O) groups excluding carboxylic acids is 2. The Morgan fingerprint density at radius 1 is 1.24 bits per heavy atom. The Kier molecular flexibility index (Phi) is 5.09. The smallest absolute Gasteiger partial charge is 0.265 e. The molecular weight excluding hydrogens is 368 g/mol. The Balaban J connectivity index is 1.62. The van der Waals surface area contributed by atoms with E-state index >= 15 is 0 Å². The molecule has 6 nitrogen and oxygen atoms in total. The zero-order valence-electron chi connectivity index (χ0n) is 17.3. The van der Waals surface area contributed by atoms with Gasteiger partial charge in [0.05, 0.1) is 30.6 Å². The van der Waals surface area contributed by atoms with E-state index in [2.05, 4.69) is 11.8 Å². The SMILES string of the molecule is Cc1coc(C)c1C(=O)CC1(O)C(=O)N(CN2CCC(C)CC2)c2ccccc21. The number of hydrogen-bond acceptors (Lipinski definition) is 5. The van der Waals surface area contributed by atoms with E-state index in [0.29, 0.717) is 40.7 Å². The van der Waals surface area contributed by atoms with Crippen LogP contribution in [-0.4, -0.2) is 41.5 Å². The Morgan fingerprint density at radius 2 is 1.93 bits per heavy atom. The summed E-state index contributed by atoms with van der Waals surface area (Å²) in [7, 11) is 0. The number of ketones is 1. The zero-order valence-corrected chi connectivity index (χ0v) is 17.3. The lowest BCUT2D eigenvalue weighted by Crippen LogP contribution is -2.48. The number of amides is 1. The second-order valence-electron chi connectivity index (χ2n) is 8.50. The van der Waals surface area contributed by atoms with Crippen molar-refractivity contribution >= 4 is 17.4 Å². The summed E-state index contributed by atoms with van der Waals surface area (Å²) in [5.41, 5.74) is 0.503. The Morgan fingerprint density at radius 3 is 2.59 bits per heavy atom. The summed E-state index contributed by atoms with van der Waals surface area (Å²) in [6, 6.07) is 7.24. The van der Waals surface area contributed by atoms with Crippen LogP contribution in [0.1, 0.15) is 53.4 Å². The van der Waals surface area contributed by atoms with Crippen LogP contribution in [0.25, 0.3) is 0 Å². The standard InChI is InChI=1S/C23H28N2O4/c1-15-8-10-24(11-9-15)14-25-19-7-5-4-6-18(19)23(28,22(25)27)12-20(26)21-16(2)13-29-17(21)3/h4-7,13,15,28H,8-12,14H2,1-3H3. The van der Waals surface area contributed by atoms with Gasteiger partial charge < -0.3 is 9.52 Å². The molecule has 29 heavy (non-hydrogen) atoms. The van der Waals surface area contributed by atoms with Crippen molar-refractivity contribution in [2.75, 3.05) is 24.7 Å². The summed E-state index contributed by atoms with van der Waals surface area (Å²) in [6.45, 7) is 8.05. The number of aryl methyl sites for hydroxylation is 2. The fourth-order valence-electron chi connectivity index (χ4n) is 4.53. The maximum atomic E-state index is 13.4. The van der Waals surface area contributed by atoms with Gasteiger partial charge in [-0.15, -0.1) is 0 Å². The summed E-state index contributed by atoms with van der Waals surface area (Å²) in [4.78, 5) is 30.2. The van der Waals surface area contributed by atoms with Crippen LogP contribution in [-0.2, 0) is 10.4 Å². The van der Waals surface area contributed by atoms with Crippen molar-refractivity contribution in [1.29, 1.82) is 0 Å². The molecule has 0 radical (unpaired) electrons. The van der Waals surface area contributed by atoms with Crippen LogP contribution in [0.15, 0.2) is 34.9 Å². The predicted octanol–water partition coefficient (Wildman–Crippen LogP) is 3.39. The minimum absolute atomic E-state index is 0.284. The number of likely N-dealkylation sites (tertiary alicyclic amines) is 1. The van der Waals surface area contributed by atoms with Crippen molar-refractivity contribution in [2.24, 2.45) is 5.92 Å². The minimum Gasteiger partial charge on any atom is -0.469 e. The second-order valence-corrected chi connectivity index (χ2v) is 8.50. The molecule has 154 valence electrons. The molecular formula is C23H28N2O4. The molecule has 0 bridgehead atoms. The maximum absolute atomic E-state index is 13.4. The number of rotatable bonds is 5. The van der Waals surface area contributed by atoms with E-state index in [9.17, 15) is 14.7 Å². The molecule has 0 aliphatic carbocycles. The van der Waals surface area contributed by atoms with E-state index in [4.69, 9.17) is 4.42 Å². The minimum atomic E-state index is -1.85. The molecule has 4 rings (SSSR count). The molecule has 1 fully saturated rings. The highest BCUT2D eigenvalue weighted by Gasteiger charge is 2.51. The van der Waals surface area contributed by atoms with Gasteiger partial charge in [-0.05, 0) is 44.2 Å². The number of carbonyl (C=O) groups is 2. The fourth-order valence-corrected chi connectivity index (χ4v) is 4.53. The molecule has 2 aliphatic rings. The normalized spacial score (nSPS) is 22.9. The summed E-state index contributed by atoms with van der Waals surface area (Å²) in [5.74, 6) is 0.496. The van der Waals surface area contributed by atoms with Gasteiger partial charge in [-0.2, -0.15) is 0 Å². The lowest BCUT2D eigenvalue weighted by molar-refractivity contribution is -0.136. The molecule has 2 aromatic rings. The molecule has 2 aliphatic heterocycles. The van der Waals surface area contributed by atoms with Gasteiger partial charge in [0.15, 0.2) is 11.4 Å². The number of furan rings is 1. The largest absolute Gasteiger partial charge is 0.469 e. The zero-order chi connectivity index (χ0) is 20.8. The third-order valence-corrected chi connectivity index (χ3v) is 6.31. The molecule has 1 atom stereocenters. The highest BCUT2D eigenvalue weighted by Crippen LogP contribution is 2.43. The topological polar surface area (TPSA) is 74.0 Å². The van der Waals surface area contributed by atoms with Crippen molar-refractivity contribution in [2.45, 2.75) is 45.6 Å². The van der Waals surface area contributed by atoms with Crippen LogP contribution in [0.2, 0.25) is 0 Å². The number of para-hydroxylation sites is 1. The number of anilines is 1. The second kappa shape index (κ2) is 7.43. The van der Waals surface area contributed by atoms with E-state index in [0.717, 1.165) is 25.9 Å². The van der Waals surface area contributed by atoms with Gasteiger partial charge in [0.2, 0.25) is 0 Å². The molecule has 1 aromatic carbocycles. The number of aliphatic hydroxyl groups is 1. The summed E-state index contributed by atoms with van der Waals surface area (Å²) < 4.78 is 5.34. The molecule has 1 amide bonds. The van der Waals surface area contributed by atoms with Gasteiger partial charge in [0.25, 0.3) is 5.91 Å². The molecule has 0 saturated carbocycles. The van der Waals surface area contributed by atoms with Gasteiger partial charge in [-0.3, -0.25) is 19.4 Å². The number of benzene rings is 1. The quantitative estimate of drug-likeness (QED) is 0.784. The Hall–Kier alpha value is -2.44. The summed E-state index contributed by atoms with van der Waals surface area (Å²) in [6.07, 6.45) is 3.44. The van der Waals surface area contributed by atoms with Crippen molar-refractivity contribution in [1.82, 2.24) is 4.90 Å². The van der Waals surface area contributed by atoms with E-state index in [1.54, 1.807) is 30.9 Å². The number of piperidine rings is 1.